The molecule has 0 unspecified atom stereocenters. The topological polar surface area (TPSA) is 79.3 Å². The predicted molar refractivity (Wildman–Crippen MR) is 73.5 cm³/mol. The van der Waals surface area contributed by atoms with Crippen molar-refractivity contribution in [2.24, 2.45) is 0 Å². The summed E-state index contributed by atoms with van der Waals surface area (Å²) in [4.78, 5) is 26.8. The molecular formula is C14H10ClFN2O3. The van der Waals surface area contributed by atoms with Gasteiger partial charge in [-0.25, -0.2) is 14.2 Å². The minimum absolute atomic E-state index is 0.203. The number of halogens is 2. The van der Waals surface area contributed by atoms with Crippen LogP contribution in [0.3, 0.4) is 0 Å². The SMILES string of the molecule is O=C(N[C@@H](C(=O)O)c1ccccc1)c1cc(F)cnc1Cl. The van der Waals surface area contributed by atoms with E-state index >= 15 is 0 Å². The maximum Gasteiger partial charge on any atom is 0.330 e. The molecule has 1 aromatic carbocycles. The lowest BCUT2D eigenvalue weighted by molar-refractivity contribution is -0.139. The van der Waals surface area contributed by atoms with Gasteiger partial charge in [0.15, 0.2) is 6.04 Å². The number of amides is 1. The van der Waals surface area contributed by atoms with Gasteiger partial charge >= 0.3 is 5.97 Å². The van der Waals surface area contributed by atoms with Gasteiger partial charge in [0.1, 0.15) is 11.0 Å². The van der Waals surface area contributed by atoms with E-state index in [2.05, 4.69) is 10.3 Å². The number of pyridine rings is 1. The Bertz CT molecular complexity index is 679. The van der Waals surface area contributed by atoms with Crippen LogP contribution in [0.15, 0.2) is 42.6 Å². The second-order valence-corrected chi connectivity index (χ2v) is 4.51. The number of hydrogen-bond acceptors (Lipinski definition) is 3. The fourth-order valence-electron chi connectivity index (χ4n) is 1.72. The molecule has 2 aromatic rings. The van der Waals surface area contributed by atoms with Gasteiger partial charge in [-0.2, -0.15) is 0 Å². The van der Waals surface area contributed by atoms with Crippen LogP contribution in [0, 0.1) is 5.82 Å². The number of rotatable bonds is 4. The van der Waals surface area contributed by atoms with E-state index in [0.29, 0.717) is 5.56 Å². The number of nitrogens with one attached hydrogen (secondary N) is 1. The number of carbonyl (C=O) groups is 2. The first kappa shape index (κ1) is 14.9. The second-order valence-electron chi connectivity index (χ2n) is 4.15. The number of carboxylic acids is 1. The lowest BCUT2D eigenvalue weighted by Crippen LogP contribution is -2.34. The van der Waals surface area contributed by atoms with E-state index in [1.807, 2.05) is 0 Å². The quantitative estimate of drug-likeness (QED) is 0.850. The molecule has 5 nitrogen and oxygen atoms in total. The molecule has 21 heavy (non-hydrogen) atoms. The van der Waals surface area contributed by atoms with Gasteiger partial charge in [-0.1, -0.05) is 41.9 Å². The molecule has 0 saturated heterocycles. The van der Waals surface area contributed by atoms with Gasteiger partial charge in [0.25, 0.3) is 5.91 Å². The molecule has 0 aliphatic carbocycles. The summed E-state index contributed by atoms with van der Waals surface area (Å²) in [6, 6.07) is 7.77. The van der Waals surface area contributed by atoms with Crippen LogP contribution >= 0.6 is 11.6 Å². The molecule has 0 bridgehead atoms. The van der Waals surface area contributed by atoms with Crippen LogP contribution < -0.4 is 5.32 Å². The Kier molecular flexibility index (Phi) is 4.49. The van der Waals surface area contributed by atoms with Crippen molar-refractivity contribution in [3.05, 3.63) is 64.7 Å². The second kappa shape index (κ2) is 6.32. The van der Waals surface area contributed by atoms with Gasteiger partial charge in [-0.15, -0.1) is 0 Å². The normalized spacial score (nSPS) is 11.7. The maximum absolute atomic E-state index is 13.1. The molecule has 0 fully saturated rings. The Labute approximate surface area is 124 Å². The fraction of sp³-hybridized carbons (Fsp3) is 0.0714. The van der Waals surface area contributed by atoms with Crippen molar-refractivity contribution in [2.45, 2.75) is 6.04 Å². The summed E-state index contributed by atoms with van der Waals surface area (Å²) < 4.78 is 13.1. The van der Waals surface area contributed by atoms with Crippen molar-refractivity contribution in [3.8, 4) is 0 Å². The number of aromatic nitrogens is 1. The van der Waals surface area contributed by atoms with Crippen molar-refractivity contribution in [3.63, 3.8) is 0 Å². The third kappa shape index (κ3) is 3.55. The molecular weight excluding hydrogens is 299 g/mol. The number of carboxylic acid groups (broad SMARTS) is 1. The van der Waals surface area contributed by atoms with E-state index in [9.17, 15) is 19.1 Å². The lowest BCUT2D eigenvalue weighted by Gasteiger charge is -2.15. The zero-order valence-electron chi connectivity index (χ0n) is 10.6. The molecule has 0 aliphatic heterocycles. The van der Waals surface area contributed by atoms with Gasteiger partial charge in [0.2, 0.25) is 0 Å². The van der Waals surface area contributed by atoms with E-state index in [-0.39, 0.29) is 10.7 Å². The van der Waals surface area contributed by atoms with Crippen LogP contribution in [0.4, 0.5) is 4.39 Å². The summed E-state index contributed by atoms with van der Waals surface area (Å²) in [5.41, 5.74) is 0.165. The average molecular weight is 309 g/mol. The third-order valence-corrected chi connectivity index (χ3v) is 3.01. The predicted octanol–water partition coefficient (Wildman–Crippen LogP) is 2.43. The molecule has 1 aromatic heterocycles. The molecule has 108 valence electrons. The largest absolute Gasteiger partial charge is 0.479 e. The Balaban J connectivity index is 2.27. The molecule has 0 saturated carbocycles. The summed E-state index contributed by atoms with van der Waals surface area (Å²) in [5, 5.41) is 11.3. The third-order valence-electron chi connectivity index (χ3n) is 2.71. The first-order chi connectivity index (χ1) is 9.99. The van der Waals surface area contributed by atoms with Gasteiger partial charge in [-0.3, -0.25) is 4.79 Å². The molecule has 2 N–H and O–H groups in total. The van der Waals surface area contributed by atoms with E-state index in [4.69, 9.17) is 11.6 Å². The van der Waals surface area contributed by atoms with E-state index < -0.39 is 23.7 Å². The summed E-state index contributed by atoms with van der Waals surface area (Å²) in [7, 11) is 0. The molecule has 0 aliphatic rings. The van der Waals surface area contributed by atoms with Crippen LogP contribution in [-0.4, -0.2) is 22.0 Å². The first-order valence-electron chi connectivity index (χ1n) is 5.88. The van der Waals surface area contributed by atoms with Crippen molar-refractivity contribution >= 4 is 23.5 Å². The van der Waals surface area contributed by atoms with Crippen molar-refractivity contribution in [2.75, 3.05) is 0 Å². The Morgan fingerprint density at radius 3 is 2.57 bits per heavy atom. The zero-order chi connectivity index (χ0) is 15.4. The van der Waals surface area contributed by atoms with Crippen LogP contribution in [0.25, 0.3) is 0 Å². The molecule has 1 atom stereocenters. The van der Waals surface area contributed by atoms with Crippen molar-refractivity contribution < 1.29 is 19.1 Å². The molecule has 2 rings (SSSR count). The minimum atomic E-state index is -1.27. The average Bonchev–Trinajstić information content (AvgIpc) is 2.47. The molecule has 0 spiro atoms. The monoisotopic (exact) mass is 308 g/mol. The summed E-state index contributed by atoms with van der Waals surface area (Å²) in [6.45, 7) is 0. The summed E-state index contributed by atoms with van der Waals surface area (Å²) in [6.07, 6.45) is 0.866. The van der Waals surface area contributed by atoms with E-state index in [0.717, 1.165) is 12.3 Å². The van der Waals surface area contributed by atoms with Crippen molar-refractivity contribution in [1.29, 1.82) is 0 Å². The Morgan fingerprint density at radius 1 is 1.29 bits per heavy atom. The number of carbonyl (C=O) groups excluding carboxylic acids is 1. The minimum Gasteiger partial charge on any atom is -0.479 e. The summed E-state index contributed by atoms with van der Waals surface area (Å²) >= 11 is 5.71. The van der Waals surface area contributed by atoms with Crippen LogP contribution in [-0.2, 0) is 4.79 Å². The number of nitrogens with zero attached hydrogens (tertiary/aromatic N) is 1. The maximum atomic E-state index is 13.1. The number of aliphatic carboxylic acids is 1. The number of hydrogen-bond donors (Lipinski definition) is 2. The molecule has 1 heterocycles. The molecule has 7 heteroatoms. The smallest absolute Gasteiger partial charge is 0.330 e. The summed E-state index contributed by atoms with van der Waals surface area (Å²) in [5.74, 6) is -2.80. The van der Waals surface area contributed by atoms with E-state index in [1.54, 1.807) is 30.3 Å². The van der Waals surface area contributed by atoms with Gasteiger partial charge < -0.3 is 10.4 Å². The van der Waals surface area contributed by atoms with Gasteiger partial charge in [0.05, 0.1) is 11.8 Å². The van der Waals surface area contributed by atoms with Crippen LogP contribution in [0.2, 0.25) is 5.15 Å². The van der Waals surface area contributed by atoms with Gasteiger partial charge in [-0.05, 0) is 11.6 Å². The lowest BCUT2D eigenvalue weighted by atomic mass is 10.1. The highest BCUT2D eigenvalue weighted by atomic mass is 35.5. The Hall–Kier alpha value is -2.47. The molecule has 0 radical (unpaired) electrons. The number of benzene rings is 1. The van der Waals surface area contributed by atoms with Crippen LogP contribution in [0.1, 0.15) is 22.0 Å². The van der Waals surface area contributed by atoms with Crippen molar-refractivity contribution in [1.82, 2.24) is 10.3 Å². The standard InChI is InChI=1S/C14H10ClFN2O3/c15-12-10(6-9(16)7-17-12)13(19)18-11(14(20)21)8-4-2-1-3-5-8/h1-7,11H,(H,18,19)(H,20,21)/t11-/m1/s1. The fourth-order valence-corrected chi connectivity index (χ4v) is 1.91. The van der Waals surface area contributed by atoms with Gasteiger partial charge in [0, 0.05) is 0 Å². The first-order valence-corrected chi connectivity index (χ1v) is 6.26. The zero-order valence-corrected chi connectivity index (χ0v) is 11.3. The Morgan fingerprint density at radius 2 is 1.95 bits per heavy atom. The highest BCUT2D eigenvalue weighted by Crippen LogP contribution is 2.17. The molecule has 1 amide bonds. The highest BCUT2D eigenvalue weighted by molar-refractivity contribution is 6.32. The van der Waals surface area contributed by atoms with E-state index in [1.165, 1.54) is 0 Å². The van der Waals surface area contributed by atoms with Crippen LogP contribution in [0.5, 0.6) is 0 Å². The highest BCUT2D eigenvalue weighted by Gasteiger charge is 2.24.